The Morgan fingerprint density at radius 2 is 1.77 bits per heavy atom. The molecule has 1 unspecified atom stereocenters. The van der Waals surface area contributed by atoms with Crippen molar-refractivity contribution in [1.82, 2.24) is 9.80 Å². The lowest BCUT2D eigenvalue weighted by atomic mass is 10.1. The lowest BCUT2D eigenvalue weighted by molar-refractivity contribution is -0.145. The molecule has 0 spiro atoms. The minimum Gasteiger partial charge on any atom is -0.469 e. The Kier molecular flexibility index (Phi) is 7.55. The third-order valence-electron chi connectivity index (χ3n) is 3.29. The van der Waals surface area contributed by atoms with Crippen LogP contribution in [0.4, 0.5) is 0 Å². The van der Waals surface area contributed by atoms with E-state index in [-0.39, 0.29) is 17.8 Å². The van der Waals surface area contributed by atoms with Crippen LogP contribution in [-0.4, -0.2) is 62.5 Å². The molecule has 0 fully saturated rings. The van der Waals surface area contributed by atoms with Gasteiger partial charge in [-0.25, -0.2) is 0 Å². The highest BCUT2D eigenvalue weighted by Gasteiger charge is 2.22. The maximum atomic E-state index is 12.7. The van der Waals surface area contributed by atoms with E-state index in [1.54, 1.807) is 24.0 Å². The molecule has 0 aliphatic heterocycles. The van der Waals surface area contributed by atoms with E-state index in [0.29, 0.717) is 18.7 Å². The Morgan fingerprint density at radius 3 is 2.27 bits per heavy atom. The maximum absolute atomic E-state index is 12.7. The number of rotatable bonds is 7. The van der Waals surface area contributed by atoms with Gasteiger partial charge in [0, 0.05) is 29.7 Å². The maximum Gasteiger partial charge on any atom is 0.310 e. The second-order valence-corrected chi connectivity index (χ2v) is 6.40. The van der Waals surface area contributed by atoms with Crippen molar-refractivity contribution in [1.29, 1.82) is 0 Å². The summed E-state index contributed by atoms with van der Waals surface area (Å²) in [5.41, 5.74) is 0.610. The molecule has 5 nitrogen and oxygen atoms in total. The molecule has 0 aliphatic rings. The van der Waals surface area contributed by atoms with Gasteiger partial charge in [-0.15, -0.1) is 0 Å². The lowest BCUT2D eigenvalue weighted by Crippen LogP contribution is -2.41. The van der Waals surface area contributed by atoms with E-state index in [2.05, 4.69) is 15.9 Å². The second kappa shape index (κ2) is 8.90. The number of benzene rings is 1. The van der Waals surface area contributed by atoms with Gasteiger partial charge < -0.3 is 14.5 Å². The van der Waals surface area contributed by atoms with Gasteiger partial charge >= 0.3 is 5.97 Å². The van der Waals surface area contributed by atoms with Gasteiger partial charge in [-0.2, -0.15) is 0 Å². The molecule has 0 saturated heterocycles. The highest BCUT2D eigenvalue weighted by atomic mass is 79.9. The van der Waals surface area contributed by atoms with Crippen LogP contribution in [0.2, 0.25) is 0 Å². The van der Waals surface area contributed by atoms with E-state index >= 15 is 0 Å². The second-order valence-electron chi connectivity index (χ2n) is 5.49. The summed E-state index contributed by atoms with van der Waals surface area (Å²) in [5, 5.41) is 0. The summed E-state index contributed by atoms with van der Waals surface area (Å²) < 4.78 is 5.67. The molecule has 1 amide bonds. The number of esters is 1. The van der Waals surface area contributed by atoms with Crippen molar-refractivity contribution in [2.24, 2.45) is 5.92 Å². The van der Waals surface area contributed by atoms with Crippen LogP contribution in [0.1, 0.15) is 17.3 Å². The quantitative estimate of drug-likeness (QED) is 0.690. The standard InChI is InChI=1S/C16H23BrN2O3/c1-12(16(21)22-4)11-19(10-9-18(2)3)15(20)13-5-7-14(17)8-6-13/h5-8,12H,9-11H2,1-4H3. The number of nitrogens with zero attached hydrogens (tertiary/aromatic N) is 2. The van der Waals surface area contributed by atoms with Crippen LogP contribution in [-0.2, 0) is 9.53 Å². The summed E-state index contributed by atoms with van der Waals surface area (Å²) >= 11 is 3.36. The number of hydrogen-bond acceptors (Lipinski definition) is 4. The summed E-state index contributed by atoms with van der Waals surface area (Å²) in [6, 6.07) is 7.22. The summed E-state index contributed by atoms with van der Waals surface area (Å²) in [7, 11) is 5.26. The minimum atomic E-state index is -0.355. The van der Waals surface area contributed by atoms with Crippen LogP contribution in [0, 0.1) is 5.92 Å². The van der Waals surface area contributed by atoms with Crippen molar-refractivity contribution in [3.05, 3.63) is 34.3 Å². The predicted octanol–water partition coefficient (Wildman–Crippen LogP) is 2.26. The molecule has 0 aromatic heterocycles. The average Bonchev–Trinajstić information content (AvgIpc) is 2.50. The van der Waals surface area contributed by atoms with Crippen LogP contribution in [0.3, 0.4) is 0 Å². The molecule has 0 bridgehead atoms. The van der Waals surface area contributed by atoms with Crippen LogP contribution in [0.25, 0.3) is 0 Å². The topological polar surface area (TPSA) is 49.9 Å². The van der Waals surface area contributed by atoms with Crippen molar-refractivity contribution in [2.45, 2.75) is 6.92 Å². The summed E-state index contributed by atoms with van der Waals surface area (Å²) in [6.07, 6.45) is 0. The first-order valence-corrected chi connectivity index (χ1v) is 7.91. The summed E-state index contributed by atoms with van der Waals surface area (Å²) in [6.45, 7) is 3.40. The van der Waals surface area contributed by atoms with E-state index in [4.69, 9.17) is 4.74 Å². The van der Waals surface area contributed by atoms with Gasteiger partial charge in [0.1, 0.15) is 0 Å². The fourth-order valence-electron chi connectivity index (χ4n) is 1.98. The first-order chi connectivity index (χ1) is 10.3. The van der Waals surface area contributed by atoms with Gasteiger partial charge in [-0.1, -0.05) is 22.9 Å². The Hall–Kier alpha value is -1.40. The molecule has 1 aromatic carbocycles. The summed E-state index contributed by atoms with van der Waals surface area (Å²) in [4.78, 5) is 28.0. The van der Waals surface area contributed by atoms with Crippen LogP contribution >= 0.6 is 15.9 Å². The number of hydrogen-bond donors (Lipinski definition) is 0. The number of halogens is 1. The smallest absolute Gasteiger partial charge is 0.310 e. The van der Waals surface area contributed by atoms with Crippen molar-refractivity contribution in [2.75, 3.05) is 40.8 Å². The zero-order chi connectivity index (χ0) is 16.7. The fraction of sp³-hybridized carbons (Fsp3) is 0.500. The summed E-state index contributed by atoms with van der Waals surface area (Å²) in [5.74, 6) is -0.741. The molecule has 0 N–H and O–H groups in total. The van der Waals surface area contributed by atoms with Crippen molar-refractivity contribution in [3.8, 4) is 0 Å². The van der Waals surface area contributed by atoms with E-state index in [9.17, 15) is 9.59 Å². The number of carbonyl (C=O) groups excluding carboxylic acids is 2. The number of likely N-dealkylation sites (N-methyl/N-ethyl adjacent to an activating group) is 1. The number of methoxy groups -OCH3 is 1. The highest BCUT2D eigenvalue weighted by molar-refractivity contribution is 9.10. The molecule has 1 atom stereocenters. The van der Waals surface area contributed by atoms with Crippen molar-refractivity contribution in [3.63, 3.8) is 0 Å². The Labute approximate surface area is 140 Å². The predicted molar refractivity (Wildman–Crippen MR) is 89.8 cm³/mol. The molecule has 0 heterocycles. The molecule has 0 radical (unpaired) electrons. The van der Waals surface area contributed by atoms with Gasteiger partial charge in [-0.3, -0.25) is 9.59 Å². The fourth-order valence-corrected chi connectivity index (χ4v) is 2.24. The van der Waals surface area contributed by atoms with Crippen LogP contribution < -0.4 is 0 Å². The molecular formula is C16H23BrN2O3. The zero-order valence-corrected chi connectivity index (χ0v) is 15.1. The third-order valence-corrected chi connectivity index (χ3v) is 3.82. The monoisotopic (exact) mass is 370 g/mol. The van der Waals surface area contributed by atoms with E-state index in [0.717, 1.165) is 11.0 Å². The molecule has 1 rings (SSSR count). The number of carbonyl (C=O) groups is 2. The molecule has 6 heteroatoms. The number of ether oxygens (including phenoxy) is 1. The molecule has 22 heavy (non-hydrogen) atoms. The Morgan fingerprint density at radius 1 is 1.18 bits per heavy atom. The van der Waals surface area contributed by atoms with Crippen LogP contribution in [0.15, 0.2) is 28.7 Å². The molecular weight excluding hydrogens is 348 g/mol. The average molecular weight is 371 g/mol. The molecule has 122 valence electrons. The number of amides is 1. The lowest BCUT2D eigenvalue weighted by Gasteiger charge is -2.26. The Balaban J connectivity index is 2.85. The first kappa shape index (κ1) is 18.6. The highest BCUT2D eigenvalue weighted by Crippen LogP contribution is 2.13. The largest absolute Gasteiger partial charge is 0.469 e. The van der Waals surface area contributed by atoms with Crippen molar-refractivity contribution >= 4 is 27.8 Å². The van der Waals surface area contributed by atoms with E-state index in [1.807, 2.05) is 31.1 Å². The molecule has 1 aromatic rings. The van der Waals surface area contributed by atoms with Gasteiger partial charge in [0.05, 0.1) is 13.0 Å². The normalized spacial score (nSPS) is 12.1. The van der Waals surface area contributed by atoms with Gasteiger partial charge in [-0.05, 0) is 38.4 Å². The SMILES string of the molecule is COC(=O)C(C)CN(CCN(C)C)C(=O)c1ccc(Br)cc1. The minimum absolute atomic E-state index is 0.0786. The van der Waals surface area contributed by atoms with Crippen LogP contribution in [0.5, 0.6) is 0 Å². The first-order valence-electron chi connectivity index (χ1n) is 7.12. The van der Waals surface area contributed by atoms with Gasteiger partial charge in [0.15, 0.2) is 0 Å². The van der Waals surface area contributed by atoms with Crippen molar-refractivity contribution < 1.29 is 14.3 Å². The van der Waals surface area contributed by atoms with Gasteiger partial charge in [0.2, 0.25) is 0 Å². The molecule has 0 aliphatic carbocycles. The molecule has 0 saturated carbocycles. The zero-order valence-electron chi connectivity index (χ0n) is 13.5. The Bertz CT molecular complexity index is 503. The van der Waals surface area contributed by atoms with Gasteiger partial charge in [0.25, 0.3) is 5.91 Å². The van der Waals surface area contributed by atoms with E-state index in [1.165, 1.54) is 7.11 Å². The third kappa shape index (κ3) is 5.77. The van der Waals surface area contributed by atoms with E-state index < -0.39 is 0 Å².